The maximum Gasteiger partial charge on any atom is 0.319 e. The Labute approximate surface area is 141 Å². The largest absolute Gasteiger partial charge is 0.480 e. The molecular weight excluding hydrogens is 304 g/mol. The van der Waals surface area contributed by atoms with Crippen LogP contribution in [-0.4, -0.2) is 42.2 Å². The van der Waals surface area contributed by atoms with E-state index in [2.05, 4.69) is 44.8 Å². The SMILES string of the molecule is COc1ncccc1NC(=O)N[C@@H]1CCN(Cc2ccccc2)C1. The van der Waals surface area contributed by atoms with Gasteiger partial charge in [0.15, 0.2) is 0 Å². The number of urea groups is 1. The molecule has 1 saturated heterocycles. The maximum atomic E-state index is 12.2. The molecule has 1 aromatic carbocycles. The zero-order chi connectivity index (χ0) is 16.8. The molecule has 6 heteroatoms. The molecule has 0 unspecified atom stereocenters. The number of pyridine rings is 1. The van der Waals surface area contributed by atoms with Gasteiger partial charge < -0.3 is 15.4 Å². The van der Waals surface area contributed by atoms with Gasteiger partial charge in [-0.05, 0) is 24.1 Å². The highest BCUT2D eigenvalue weighted by Crippen LogP contribution is 2.20. The number of aromatic nitrogens is 1. The summed E-state index contributed by atoms with van der Waals surface area (Å²) in [4.78, 5) is 18.6. The lowest BCUT2D eigenvalue weighted by atomic mass is 10.2. The molecule has 0 bridgehead atoms. The topological polar surface area (TPSA) is 66.5 Å². The normalized spacial score (nSPS) is 17.5. The Balaban J connectivity index is 1.49. The third-order valence-corrected chi connectivity index (χ3v) is 4.07. The van der Waals surface area contributed by atoms with Crippen LogP contribution < -0.4 is 15.4 Å². The summed E-state index contributed by atoms with van der Waals surface area (Å²) in [6, 6.07) is 13.8. The van der Waals surface area contributed by atoms with Crippen molar-refractivity contribution >= 4 is 11.7 Å². The van der Waals surface area contributed by atoms with Crippen LogP contribution in [0, 0.1) is 0 Å². The number of benzene rings is 1. The summed E-state index contributed by atoms with van der Waals surface area (Å²) in [6.45, 7) is 2.75. The van der Waals surface area contributed by atoms with E-state index in [-0.39, 0.29) is 12.1 Å². The van der Waals surface area contributed by atoms with Crippen LogP contribution in [0.25, 0.3) is 0 Å². The first-order valence-corrected chi connectivity index (χ1v) is 8.07. The first kappa shape index (κ1) is 16.3. The lowest BCUT2D eigenvalue weighted by Gasteiger charge is -2.17. The molecule has 2 N–H and O–H groups in total. The molecule has 0 aliphatic carbocycles. The van der Waals surface area contributed by atoms with Crippen molar-refractivity contribution in [2.75, 3.05) is 25.5 Å². The third-order valence-electron chi connectivity index (χ3n) is 4.07. The van der Waals surface area contributed by atoms with E-state index >= 15 is 0 Å². The molecule has 0 radical (unpaired) electrons. The molecule has 3 rings (SSSR count). The van der Waals surface area contributed by atoms with Crippen molar-refractivity contribution in [1.29, 1.82) is 0 Å². The van der Waals surface area contributed by atoms with Crippen LogP contribution in [-0.2, 0) is 6.54 Å². The van der Waals surface area contributed by atoms with E-state index in [0.29, 0.717) is 11.6 Å². The molecule has 126 valence electrons. The number of hydrogen-bond acceptors (Lipinski definition) is 4. The number of nitrogens with one attached hydrogen (secondary N) is 2. The number of carbonyl (C=O) groups is 1. The fourth-order valence-electron chi connectivity index (χ4n) is 2.93. The van der Waals surface area contributed by atoms with E-state index in [1.54, 1.807) is 18.3 Å². The second-order valence-electron chi connectivity index (χ2n) is 5.87. The molecule has 1 fully saturated rings. The second kappa shape index (κ2) is 7.79. The molecule has 0 saturated carbocycles. The highest BCUT2D eigenvalue weighted by Gasteiger charge is 2.24. The number of nitrogens with zero attached hydrogens (tertiary/aromatic N) is 2. The van der Waals surface area contributed by atoms with Gasteiger partial charge in [-0.1, -0.05) is 30.3 Å². The minimum absolute atomic E-state index is 0.149. The average molecular weight is 326 g/mol. The van der Waals surface area contributed by atoms with E-state index in [4.69, 9.17) is 4.74 Å². The van der Waals surface area contributed by atoms with Gasteiger partial charge in [-0.2, -0.15) is 0 Å². The van der Waals surface area contributed by atoms with Crippen molar-refractivity contribution in [3.8, 4) is 5.88 Å². The minimum Gasteiger partial charge on any atom is -0.480 e. The Kier molecular flexibility index (Phi) is 5.28. The zero-order valence-electron chi connectivity index (χ0n) is 13.7. The zero-order valence-corrected chi connectivity index (χ0v) is 13.7. The first-order chi connectivity index (χ1) is 11.7. The summed E-state index contributed by atoms with van der Waals surface area (Å²) in [5.41, 5.74) is 1.86. The number of methoxy groups -OCH3 is 1. The first-order valence-electron chi connectivity index (χ1n) is 8.07. The van der Waals surface area contributed by atoms with Gasteiger partial charge in [0.1, 0.15) is 5.69 Å². The molecular formula is C18H22N4O2. The summed E-state index contributed by atoms with van der Waals surface area (Å²) in [7, 11) is 1.53. The third kappa shape index (κ3) is 4.23. The fourth-order valence-corrected chi connectivity index (χ4v) is 2.93. The van der Waals surface area contributed by atoms with Crippen LogP contribution in [0.15, 0.2) is 48.7 Å². The van der Waals surface area contributed by atoms with Gasteiger partial charge in [0, 0.05) is 31.9 Å². The molecule has 1 aliphatic rings. The van der Waals surface area contributed by atoms with Gasteiger partial charge in [0.2, 0.25) is 5.88 Å². The van der Waals surface area contributed by atoms with Crippen LogP contribution in [0.4, 0.5) is 10.5 Å². The molecule has 24 heavy (non-hydrogen) atoms. The van der Waals surface area contributed by atoms with Gasteiger partial charge in [0.05, 0.1) is 7.11 Å². The van der Waals surface area contributed by atoms with Gasteiger partial charge in [-0.3, -0.25) is 4.90 Å². The predicted molar refractivity (Wildman–Crippen MR) is 93.1 cm³/mol. The monoisotopic (exact) mass is 326 g/mol. The molecule has 2 heterocycles. The average Bonchev–Trinajstić information content (AvgIpc) is 3.03. The molecule has 1 atom stereocenters. The van der Waals surface area contributed by atoms with E-state index in [9.17, 15) is 4.79 Å². The number of hydrogen-bond donors (Lipinski definition) is 2. The van der Waals surface area contributed by atoms with Crippen molar-refractivity contribution in [1.82, 2.24) is 15.2 Å². The Hall–Kier alpha value is -2.60. The van der Waals surface area contributed by atoms with Gasteiger partial charge in [0.25, 0.3) is 0 Å². The molecule has 1 aliphatic heterocycles. The van der Waals surface area contributed by atoms with Gasteiger partial charge in [-0.15, -0.1) is 0 Å². The molecule has 6 nitrogen and oxygen atoms in total. The van der Waals surface area contributed by atoms with Crippen LogP contribution >= 0.6 is 0 Å². The summed E-state index contributed by atoms with van der Waals surface area (Å²) in [6.07, 6.45) is 2.57. The summed E-state index contributed by atoms with van der Waals surface area (Å²) < 4.78 is 5.14. The Morgan fingerprint density at radius 1 is 1.29 bits per heavy atom. The standard InChI is InChI=1S/C18H22N4O2/c1-24-17-16(8-5-10-19-17)21-18(23)20-15-9-11-22(13-15)12-14-6-3-2-4-7-14/h2-8,10,15H,9,11-13H2,1H3,(H2,20,21,23)/t15-/m1/s1. The second-order valence-corrected chi connectivity index (χ2v) is 5.87. The molecule has 0 spiro atoms. The van der Waals surface area contributed by atoms with Crippen LogP contribution in [0.5, 0.6) is 5.88 Å². The van der Waals surface area contributed by atoms with E-state index in [1.165, 1.54) is 12.7 Å². The number of ether oxygens (including phenoxy) is 1. The number of carbonyl (C=O) groups excluding carboxylic acids is 1. The highest BCUT2D eigenvalue weighted by atomic mass is 16.5. The molecule has 1 aromatic heterocycles. The summed E-state index contributed by atoms with van der Waals surface area (Å²) in [5.74, 6) is 0.407. The number of rotatable bonds is 5. The van der Waals surface area contributed by atoms with E-state index in [1.807, 2.05) is 6.07 Å². The quantitative estimate of drug-likeness (QED) is 0.886. The van der Waals surface area contributed by atoms with Crippen molar-refractivity contribution in [3.63, 3.8) is 0 Å². The van der Waals surface area contributed by atoms with Crippen LogP contribution in [0.3, 0.4) is 0 Å². The van der Waals surface area contributed by atoms with Crippen molar-refractivity contribution in [2.45, 2.75) is 19.0 Å². The van der Waals surface area contributed by atoms with Gasteiger partial charge in [-0.25, -0.2) is 9.78 Å². The number of likely N-dealkylation sites (tertiary alicyclic amines) is 1. The van der Waals surface area contributed by atoms with Crippen LogP contribution in [0.2, 0.25) is 0 Å². The van der Waals surface area contributed by atoms with Crippen molar-refractivity contribution in [3.05, 3.63) is 54.2 Å². The fraction of sp³-hybridized carbons (Fsp3) is 0.333. The summed E-state index contributed by atoms with van der Waals surface area (Å²) in [5, 5.41) is 5.82. The highest BCUT2D eigenvalue weighted by molar-refractivity contribution is 5.90. The van der Waals surface area contributed by atoms with E-state index in [0.717, 1.165) is 26.1 Å². The minimum atomic E-state index is -0.229. The van der Waals surface area contributed by atoms with Crippen molar-refractivity contribution < 1.29 is 9.53 Å². The summed E-state index contributed by atoms with van der Waals surface area (Å²) >= 11 is 0. The Morgan fingerprint density at radius 2 is 2.12 bits per heavy atom. The maximum absolute atomic E-state index is 12.2. The number of amides is 2. The Morgan fingerprint density at radius 3 is 2.92 bits per heavy atom. The molecule has 2 aromatic rings. The smallest absolute Gasteiger partial charge is 0.319 e. The lowest BCUT2D eigenvalue weighted by molar-refractivity contribution is 0.247. The number of anilines is 1. The van der Waals surface area contributed by atoms with Gasteiger partial charge >= 0.3 is 6.03 Å². The molecule has 2 amide bonds. The van der Waals surface area contributed by atoms with Crippen LogP contribution in [0.1, 0.15) is 12.0 Å². The van der Waals surface area contributed by atoms with E-state index < -0.39 is 0 Å². The Bertz CT molecular complexity index is 678. The predicted octanol–water partition coefficient (Wildman–Crippen LogP) is 2.49. The lowest BCUT2D eigenvalue weighted by Crippen LogP contribution is -2.39. The van der Waals surface area contributed by atoms with Crippen molar-refractivity contribution in [2.24, 2.45) is 0 Å².